The van der Waals surface area contributed by atoms with E-state index in [1.807, 2.05) is 0 Å². The Balaban J connectivity index is 3.56. The summed E-state index contributed by atoms with van der Waals surface area (Å²) in [7, 11) is 0. The second-order valence-corrected chi connectivity index (χ2v) is 11.8. The third-order valence-electron chi connectivity index (χ3n) is 7.08. The maximum Gasteiger partial charge on any atom is 0.0936 e. The fourth-order valence-electron chi connectivity index (χ4n) is 4.56. The highest BCUT2D eigenvalue weighted by Crippen LogP contribution is 2.18. The number of aliphatic hydroxyl groups is 2. The summed E-state index contributed by atoms with van der Waals surface area (Å²) in [5.41, 5.74) is 0. The molecule has 0 aliphatic rings. The molecule has 0 amide bonds. The fourth-order valence-corrected chi connectivity index (χ4v) is 5.01. The number of rotatable bonds is 28. The first kappa shape index (κ1) is 35.5. The van der Waals surface area contributed by atoms with E-state index in [1.165, 1.54) is 116 Å². The molecule has 35 heavy (non-hydrogen) atoms. The standard InChI is InChI=1S/C30H60Cl2O3/c1-3-5-7-9-11-13-15-17-19-21-23-27(31)29(33)25-35-26-30(34)28(32)24-22-20-18-16-14-12-10-8-6-4-2/h27-30,33-34H,3-26H2,1-2H3. The summed E-state index contributed by atoms with van der Waals surface area (Å²) in [6, 6.07) is 0. The normalized spacial score (nSPS) is 15.3. The number of ether oxygens (including phenoxy) is 1. The van der Waals surface area contributed by atoms with Crippen LogP contribution in [0.3, 0.4) is 0 Å². The SMILES string of the molecule is CCCCCCCCCCCCC(Cl)C(O)COCC(O)C(Cl)CCCCCCCCCCCC. The molecule has 0 saturated carbocycles. The van der Waals surface area contributed by atoms with Gasteiger partial charge in [0.15, 0.2) is 0 Å². The minimum atomic E-state index is -0.696. The average molecular weight is 540 g/mol. The molecule has 4 atom stereocenters. The Kier molecular flexibility index (Phi) is 27.9. The summed E-state index contributed by atoms with van der Waals surface area (Å²) in [6.07, 6.45) is 26.1. The van der Waals surface area contributed by atoms with Crippen LogP contribution >= 0.6 is 23.2 Å². The molecule has 0 aromatic rings. The molecule has 0 aliphatic heterocycles. The van der Waals surface area contributed by atoms with Crippen LogP contribution in [0.1, 0.15) is 155 Å². The minimum Gasteiger partial charge on any atom is -0.389 e. The van der Waals surface area contributed by atoms with E-state index in [0.29, 0.717) is 0 Å². The Morgan fingerprint density at radius 3 is 1.00 bits per heavy atom. The van der Waals surface area contributed by atoms with E-state index in [-0.39, 0.29) is 24.0 Å². The van der Waals surface area contributed by atoms with Crippen molar-refractivity contribution in [3.05, 3.63) is 0 Å². The van der Waals surface area contributed by atoms with Crippen molar-refractivity contribution in [1.29, 1.82) is 0 Å². The van der Waals surface area contributed by atoms with Gasteiger partial charge in [-0.1, -0.05) is 142 Å². The lowest BCUT2D eigenvalue weighted by atomic mass is 10.0. The van der Waals surface area contributed by atoms with Gasteiger partial charge in [-0.3, -0.25) is 0 Å². The van der Waals surface area contributed by atoms with Crippen LogP contribution in [0.5, 0.6) is 0 Å². The van der Waals surface area contributed by atoms with Crippen LogP contribution in [0.25, 0.3) is 0 Å². The first-order valence-electron chi connectivity index (χ1n) is 15.2. The predicted molar refractivity (Wildman–Crippen MR) is 155 cm³/mol. The maximum absolute atomic E-state index is 10.2. The predicted octanol–water partition coefficient (Wildman–Crippen LogP) is 9.56. The van der Waals surface area contributed by atoms with Crippen molar-refractivity contribution in [3.63, 3.8) is 0 Å². The topological polar surface area (TPSA) is 49.7 Å². The summed E-state index contributed by atoms with van der Waals surface area (Å²) in [4.78, 5) is 0. The third-order valence-corrected chi connectivity index (χ3v) is 8.10. The number of alkyl halides is 2. The van der Waals surface area contributed by atoms with Gasteiger partial charge >= 0.3 is 0 Å². The van der Waals surface area contributed by atoms with Gasteiger partial charge in [0, 0.05) is 0 Å². The lowest BCUT2D eigenvalue weighted by Crippen LogP contribution is -2.31. The zero-order valence-electron chi connectivity index (χ0n) is 23.3. The quantitative estimate of drug-likeness (QED) is 0.0769. The van der Waals surface area contributed by atoms with E-state index in [4.69, 9.17) is 27.9 Å². The van der Waals surface area contributed by atoms with Crippen molar-refractivity contribution < 1.29 is 14.9 Å². The number of hydrogen-bond donors (Lipinski definition) is 2. The summed E-state index contributed by atoms with van der Waals surface area (Å²) < 4.78 is 5.53. The Morgan fingerprint density at radius 1 is 0.457 bits per heavy atom. The third kappa shape index (κ3) is 24.5. The van der Waals surface area contributed by atoms with Crippen molar-refractivity contribution in [1.82, 2.24) is 0 Å². The first-order valence-corrected chi connectivity index (χ1v) is 16.1. The lowest BCUT2D eigenvalue weighted by molar-refractivity contribution is -0.0106. The van der Waals surface area contributed by atoms with E-state index < -0.39 is 12.2 Å². The van der Waals surface area contributed by atoms with E-state index in [1.54, 1.807) is 0 Å². The van der Waals surface area contributed by atoms with Crippen LogP contribution in [-0.4, -0.2) is 46.4 Å². The van der Waals surface area contributed by atoms with Crippen LogP contribution in [-0.2, 0) is 4.74 Å². The number of hydrogen-bond acceptors (Lipinski definition) is 3. The Morgan fingerprint density at radius 2 is 0.714 bits per heavy atom. The molecule has 0 aromatic carbocycles. The number of halogens is 2. The van der Waals surface area contributed by atoms with Crippen molar-refractivity contribution in [2.24, 2.45) is 0 Å². The minimum absolute atomic E-state index is 0.158. The van der Waals surface area contributed by atoms with E-state index >= 15 is 0 Å². The molecule has 4 unspecified atom stereocenters. The van der Waals surface area contributed by atoms with E-state index in [0.717, 1.165) is 25.7 Å². The number of aliphatic hydroxyl groups excluding tert-OH is 2. The van der Waals surface area contributed by atoms with Crippen LogP contribution in [0, 0.1) is 0 Å². The highest BCUT2D eigenvalue weighted by Gasteiger charge is 2.20. The molecule has 0 saturated heterocycles. The van der Waals surface area contributed by atoms with Crippen LogP contribution in [0.2, 0.25) is 0 Å². The summed E-state index contributed by atoms with van der Waals surface area (Å²) >= 11 is 12.7. The highest BCUT2D eigenvalue weighted by atomic mass is 35.5. The van der Waals surface area contributed by atoms with Gasteiger partial charge in [0.05, 0.1) is 36.2 Å². The second-order valence-electron chi connectivity index (χ2n) is 10.6. The van der Waals surface area contributed by atoms with Gasteiger partial charge in [-0.15, -0.1) is 23.2 Å². The molecule has 0 heterocycles. The first-order chi connectivity index (χ1) is 17.0. The second kappa shape index (κ2) is 27.5. The molecule has 0 spiro atoms. The van der Waals surface area contributed by atoms with Crippen molar-refractivity contribution in [3.8, 4) is 0 Å². The maximum atomic E-state index is 10.2. The van der Waals surface area contributed by atoms with Crippen molar-refractivity contribution in [2.45, 2.75) is 178 Å². The summed E-state index contributed by atoms with van der Waals surface area (Å²) in [5, 5.41) is 19.9. The molecule has 3 nitrogen and oxygen atoms in total. The van der Waals surface area contributed by atoms with Crippen LogP contribution in [0.15, 0.2) is 0 Å². The summed E-state index contributed by atoms with van der Waals surface area (Å²) in [5.74, 6) is 0. The molecule has 0 rings (SSSR count). The average Bonchev–Trinajstić information content (AvgIpc) is 2.85. The molecular formula is C30H60Cl2O3. The van der Waals surface area contributed by atoms with Gasteiger partial charge in [-0.2, -0.15) is 0 Å². The Labute approximate surface area is 229 Å². The molecule has 0 aliphatic carbocycles. The van der Waals surface area contributed by atoms with Crippen molar-refractivity contribution >= 4 is 23.2 Å². The number of unbranched alkanes of at least 4 members (excludes halogenated alkanes) is 18. The molecule has 0 radical (unpaired) electrons. The molecule has 0 bridgehead atoms. The van der Waals surface area contributed by atoms with Crippen LogP contribution in [0.4, 0.5) is 0 Å². The fraction of sp³-hybridized carbons (Fsp3) is 1.00. The smallest absolute Gasteiger partial charge is 0.0936 e. The van der Waals surface area contributed by atoms with Gasteiger partial charge in [-0.25, -0.2) is 0 Å². The largest absolute Gasteiger partial charge is 0.389 e. The molecule has 0 aromatic heterocycles. The zero-order chi connectivity index (χ0) is 26.0. The van der Waals surface area contributed by atoms with Gasteiger partial charge in [0.2, 0.25) is 0 Å². The molecule has 5 heteroatoms. The zero-order valence-corrected chi connectivity index (χ0v) is 24.9. The van der Waals surface area contributed by atoms with E-state index in [2.05, 4.69) is 13.8 Å². The van der Waals surface area contributed by atoms with Gasteiger partial charge in [0.25, 0.3) is 0 Å². The van der Waals surface area contributed by atoms with Crippen LogP contribution < -0.4 is 0 Å². The molecule has 0 fully saturated rings. The van der Waals surface area contributed by atoms with Gasteiger partial charge in [-0.05, 0) is 12.8 Å². The highest BCUT2D eigenvalue weighted by molar-refractivity contribution is 6.21. The lowest BCUT2D eigenvalue weighted by Gasteiger charge is -2.20. The van der Waals surface area contributed by atoms with Gasteiger partial charge in [0.1, 0.15) is 0 Å². The molecular weight excluding hydrogens is 479 g/mol. The Hall–Kier alpha value is 0.460. The Bertz CT molecular complexity index is 375. The monoisotopic (exact) mass is 538 g/mol. The van der Waals surface area contributed by atoms with E-state index in [9.17, 15) is 10.2 Å². The van der Waals surface area contributed by atoms with Crippen molar-refractivity contribution in [2.75, 3.05) is 13.2 Å². The summed E-state index contributed by atoms with van der Waals surface area (Å²) in [6.45, 7) is 4.83. The van der Waals surface area contributed by atoms with Gasteiger partial charge < -0.3 is 14.9 Å². The molecule has 212 valence electrons. The molecule has 2 N–H and O–H groups in total.